The number of nitrogens with zero attached hydrogens (tertiary/aromatic N) is 4. The number of thioether (sulfide) groups is 1. The van der Waals surface area contributed by atoms with Gasteiger partial charge in [0.15, 0.2) is 11.0 Å². The molecule has 6 nitrogen and oxygen atoms in total. The summed E-state index contributed by atoms with van der Waals surface area (Å²) in [6.45, 7) is 0. The number of hydrogen-bond donors (Lipinski definition) is 1. The largest absolute Gasteiger partial charge is 0.272 e. The molecule has 4 aromatic rings. The van der Waals surface area contributed by atoms with Gasteiger partial charge in [-0.1, -0.05) is 65.8 Å². The van der Waals surface area contributed by atoms with Crippen molar-refractivity contribution in [2.45, 2.75) is 5.16 Å². The molecule has 0 atom stereocenters. The van der Waals surface area contributed by atoms with E-state index < -0.39 is 0 Å². The van der Waals surface area contributed by atoms with Crippen molar-refractivity contribution in [3.05, 3.63) is 95.3 Å². The second kappa shape index (κ2) is 10.2. The molecule has 160 valence electrons. The molecule has 0 saturated carbocycles. The first-order valence-electron chi connectivity index (χ1n) is 9.57. The smallest absolute Gasteiger partial charge is 0.250 e. The molecule has 0 fully saturated rings. The van der Waals surface area contributed by atoms with Crippen molar-refractivity contribution in [1.82, 2.24) is 20.2 Å². The van der Waals surface area contributed by atoms with Crippen LogP contribution in [-0.2, 0) is 4.79 Å². The molecule has 0 radical (unpaired) electrons. The van der Waals surface area contributed by atoms with E-state index in [0.717, 1.165) is 11.3 Å². The molecule has 4 rings (SSSR count). The van der Waals surface area contributed by atoms with Crippen LogP contribution in [0.1, 0.15) is 5.56 Å². The van der Waals surface area contributed by atoms with Crippen molar-refractivity contribution >= 4 is 35.5 Å². The quantitative estimate of drug-likeness (QED) is 0.237. The number of hydrogen-bond acceptors (Lipinski definition) is 5. The maximum absolute atomic E-state index is 13.2. The van der Waals surface area contributed by atoms with Gasteiger partial charge in [0, 0.05) is 16.3 Å². The molecule has 0 bridgehead atoms. The predicted molar refractivity (Wildman–Crippen MR) is 125 cm³/mol. The highest BCUT2D eigenvalue weighted by Gasteiger charge is 2.17. The van der Waals surface area contributed by atoms with Gasteiger partial charge >= 0.3 is 0 Å². The number of carbonyl (C=O) groups is 1. The van der Waals surface area contributed by atoms with Crippen LogP contribution in [0.4, 0.5) is 4.39 Å². The van der Waals surface area contributed by atoms with Crippen LogP contribution in [0.5, 0.6) is 0 Å². The number of rotatable bonds is 7. The Hall–Kier alpha value is -3.49. The van der Waals surface area contributed by atoms with E-state index in [1.165, 1.54) is 30.1 Å². The average Bonchev–Trinajstić information content (AvgIpc) is 3.23. The highest BCUT2D eigenvalue weighted by Crippen LogP contribution is 2.28. The Balaban J connectivity index is 1.50. The zero-order valence-corrected chi connectivity index (χ0v) is 18.2. The number of amides is 1. The van der Waals surface area contributed by atoms with E-state index >= 15 is 0 Å². The van der Waals surface area contributed by atoms with Crippen LogP contribution >= 0.6 is 23.4 Å². The number of aromatic nitrogens is 3. The second-order valence-corrected chi connectivity index (χ2v) is 8.00. The minimum atomic E-state index is -0.369. The topological polar surface area (TPSA) is 72.2 Å². The van der Waals surface area contributed by atoms with Gasteiger partial charge in [0.2, 0.25) is 0 Å². The first-order valence-corrected chi connectivity index (χ1v) is 10.9. The molecule has 1 N–H and O–H groups in total. The van der Waals surface area contributed by atoms with Gasteiger partial charge in [-0.3, -0.25) is 9.36 Å². The van der Waals surface area contributed by atoms with Crippen molar-refractivity contribution in [3.8, 4) is 17.1 Å². The number of nitrogens with one attached hydrogen (secondary N) is 1. The molecule has 0 spiro atoms. The lowest BCUT2D eigenvalue weighted by molar-refractivity contribution is -0.118. The molecule has 9 heteroatoms. The van der Waals surface area contributed by atoms with Gasteiger partial charge in [0.1, 0.15) is 5.82 Å². The maximum atomic E-state index is 13.2. The minimum absolute atomic E-state index is 0.0704. The molecule has 1 heterocycles. The van der Waals surface area contributed by atoms with Crippen LogP contribution in [-0.4, -0.2) is 32.6 Å². The lowest BCUT2D eigenvalue weighted by Gasteiger charge is -2.10. The molecule has 1 aromatic heterocycles. The Bertz CT molecular complexity index is 1240. The fourth-order valence-electron chi connectivity index (χ4n) is 2.89. The first kappa shape index (κ1) is 21.7. The lowest BCUT2D eigenvalue weighted by Crippen LogP contribution is -2.20. The van der Waals surface area contributed by atoms with E-state index in [4.69, 9.17) is 11.6 Å². The summed E-state index contributed by atoms with van der Waals surface area (Å²) in [5, 5.41) is 13.7. The summed E-state index contributed by atoms with van der Waals surface area (Å²) in [4.78, 5) is 12.2. The van der Waals surface area contributed by atoms with Crippen LogP contribution in [0.2, 0.25) is 5.02 Å². The monoisotopic (exact) mass is 465 g/mol. The second-order valence-electron chi connectivity index (χ2n) is 6.62. The van der Waals surface area contributed by atoms with E-state index in [0.29, 0.717) is 21.6 Å². The molecule has 0 saturated heterocycles. The normalized spacial score (nSPS) is 11.1. The Morgan fingerprint density at radius 1 is 1.06 bits per heavy atom. The third kappa shape index (κ3) is 5.40. The summed E-state index contributed by atoms with van der Waals surface area (Å²) in [6, 6.07) is 22.9. The van der Waals surface area contributed by atoms with Crippen LogP contribution in [0.25, 0.3) is 17.1 Å². The number of hydrazone groups is 1. The zero-order chi connectivity index (χ0) is 22.3. The minimum Gasteiger partial charge on any atom is -0.272 e. The van der Waals surface area contributed by atoms with Crippen LogP contribution in [0.3, 0.4) is 0 Å². The van der Waals surface area contributed by atoms with Gasteiger partial charge in [-0.2, -0.15) is 5.10 Å². The summed E-state index contributed by atoms with van der Waals surface area (Å²) in [7, 11) is 0. The van der Waals surface area contributed by atoms with Crippen molar-refractivity contribution < 1.29 is 9.18 Å². The Kier molecular flexibility index (Phi) is 6.94. The summed E-state index contributed by atoms with van der Waals surface area (Å²) in [6.07, 6.45) is 1.38. The molecule has 3 aromatic carbocycles. The molecule has 32 heavy (non-hydrogen) atoms. The summed E-state index contributed by atoms with van der Waals surface area (Å²) < 4.78 is 15.1. The summed E-state index contributed by atoms with van der Waals surface area (Å²) >= 11 is 7.27. The van der Waals surface area contributed by atoms with Gasteiger partial charge in [-0.25, -0.2) is 9.82 Å². The maximum Gasteiger partial charge on any atom is 0.250 e. The fraction of sp³-hybridized carbons (Fsp3) is 0.0435. The third-order valence-corrected chi connectivity index (χ3v) is 5.52. The summed E-state index contributed by atoms with van der Waals surface area (Å²) in [5.74, 6) is 0.0298. The van der Waals surface area contributed by atoms with Crippen molar-refractivity contribution in [1.29, 1.82) is 0 Å². The SMILES string of the molecule is O=C(CSc1nnc(-c2ccccc2)n1-c1ccc(Cl)cc1)N/N=C/c1cccc(F)c1. The Labute approximate surface area is 193 Å². The Morgan fingerprint density at radius 3 is 2.59 bits per heavy atom. The third-order valence-electron chi connectivity index (χ3n) is 4.33. The summed E-state index contributed by atoms with van der Waals surface area (Å²) in [5.41, 5.74) is 4.71. The van der Waals surface area contributed by atoms with Crippen molar-refractivity contribution in [2.75, 3.05) is 5.75 Å². The highest BCUT2D eigenvalue weighted by atomic mass is 35.5. The van der Waals surface area contributed by atoms with Crippen LogP contribution in [0.15, 0.2) is 89.1 Å². The lowest BCUT2D eigenvalue weighted by atomic mass is 10.2. The average molecular weight is 466 g/mol. The van der Waals surface area contributed by atoms with E-state index in [9.17, 15) is 9.18 Å². The highest BCUT2D eigenvalue weighted by molar-refractivity contribution is 7.99. The van der Waals surface area contributed by atoms with Crippen molar-refractivity contribution in [3.63, 3.8) is 0 Å². The van der Waals surface area contributed by atoms with E-state index in [1.807, 2.05) is 47.0 Å². The van der Waals surface area contributed by atoms with E-state index in [1.54, 1.807) is 24.3 Å². The molecule has 0 aliphatic heterocycles. The predicted octanol–water partition coefficient (Wildman–Crippen LogP) is 4.97. The molecule has 0 unspecified atom stereocenters. The zero-order valence-electron chi connectivity index (χ0n) is 16.7. The Morgan fingerprint density at radius 2 is 1.84 bits per heavy atom. The van der Waals surface area contributed by atoms with Crippen LogP contribution in [0, 0.1) is 5.82 Å². The van der Waals surface area contributed by atoms with Gasteiger partial charge in [-0.15, -0.1) is 10.2 Å². The van der Waals surface area contributed by atoms with Gasteiger partial charge < -0.3 is 0 Å². The molecular formula is C23H17ClFN5OS. The van der Waals surface area contributed by atoms with E-state index in [-0.39, 0.29) is 17.5 Å². The van der Waals surface area contributed by atoms with Gasteiger partial charge in [0.25, 0.3) is 5.91 Å². The first-order chi connectivity index (χ1) is 15.6. The van der Waals surface area contributed by atoms with Crippen molar-refractivity contribution in [2.24, 2.45) is 5.10 Å². The number of benzene rings is 3. The van der Waals surface area contributed by atoms with Crippen LogP contribution < -0.4 is 5.43 Å². The van der Waals surface area contributed by atoms with Gasteiger partial charge in [0.05, 0.1) is 12.0 Å². The molecular weight excluding hydrogens is 449 g/mol. The molecule has 0 aliphatic rings. The molecule has 0 aliphatic carbocycles. The van der Waals surface area contributed by atoms with Gasteiger partial charge in [-0.05, 0) is 42.0 Å². The number of carbonyl (C=O) groups excluding carboxylic acids is 1. The standard InChI is InChI=1S/C23H17ClFN5OS/c24-18-9-11-20(12-10-18)30-22(17-6-2-1-3-7-17)28-29-23(30)32-15-21(31)27-26-14-16-5-4-8-19(25)13-16/h1-14H,15H2,(H,27,31)/b26-14+. The fourth-order valence-corrected chi connectivity index (χ4v) is 3.76. The number of halogens is 2. The van der Waals surface area contributed by atoms with E-state index in [2.05, 4.69) is 20.7 Å². The molecule has 1 amide bonds.